The smallest absolute Gasteiger partial charge is 0.306 e. The van der Waals surface area contributed by atoms with Crippen LogP contribution < -0.4 is 0 Å². The Labute approximate surface area is 276 Å². The zero-order valence-electron chi connectivity index (χ0n) is 30.7. The molecule has 0 heterocycles. The first-order valence-electron chi connectivity index (χ1n) is 19.1. The van der Waals surface area contributed by atoms with E-state index in [1.807, 2.05) is 0 Å². The van der Waals surface area contributed by atoms with Crippen molar-refractivity contribution in [3.8, 4) is 0 Å². The molecular weight excluding hydrogens is 536 g/mol. The van der Waals surface area contributed by atoms with Gasteiger partial charge >= 0.3 is 5.97 Å². The van der Waals surface area contributed by atoms with Crippen LogP contribution in [0, 0.1) is 0 Å². The largest absolute Gasteiger partial charge is 0.461 e. The highest BCUT2D eigenvalue weighted by molar-refractivity contribution is 5.69. The van der Waals surface area contributed by atoms with E-state index in [2.05, 4.69) is 65.8 Å². The van der Waals surface area contributed by atoms with Crippen LogP contribution in [0.15, 0.2) is 46.6 Å². The number of ether oxygens (including phenoxy) is 1. The fourth-order valence-electron chi connectivity index (χ4n) is 5.68. The van der Waals surface area contributed by atoms with E-state index in [9.17, 15) is 4.79 Å². The summed E-state index contributed by atoms with van der Waals surface area (Å²) in [5.74, 6) is -0.0408. The van der Waals surface area contributed by atoms with Gasteiger partial charge in [-0.25, -0.2) is 0 Å². The van der Waals surface area contributed by atoms with Gasteiger partial charge in [-0.15, -0.1) is 0 Å². The molecule has 0 spiro atoms. The fraction of sp³-hybridized carbons (Fsp3) is 0.786. The van der Waals surface area contributed by atoms with Crippen LogP contribution in [0.5, 0.6) is 0 Å². The molecule has 0 atom stereocenters. The molecule has 0 aromatic carbocycles. The Hall–Kier alpha value is -1.57. The van der Waals surface area contributed by atoms with Gasteiger partial charge in [-0.05, 0) is 85.6 Å². The maximum atomic E-state index is 12.1. The SMILES string of the molecule is CCCCCCCCCCCCCCCCCCCCCC(=O)OC/C=C(\C)CCC=C(C)CC/C=C(\C)CCC=C(C)C. The highest BCUT2D eigenvalue weighted by Crippen LogP contribution is 2.16. The number of hydrogen-bond donors (Lipinski definition) is 0. The number of hydrogen-bond acceptors (Lipinski definition) is 2. The maximum Gasteiger partial charge on any atom is 0.306 e. The van der Waals surface area contributed by atoms with Crippen molar-refractivity contribution in [1.82, 2.24) is 0 Å². The van der Waals surface area contributed by atoms with E-state index in [-0.39, 0.29) is 5.97 Å². The predicted molar refractivity (Wildman–Crippen MR) is 197 cm³/mol. The van der Waals surface area contributed by atoms with Gasteiger partial charge in [-0.2, -0.15) is 0 Å². The van der Waals surface area contributed by atoms with Gasteiger partial charge in [0.15, 0.2) is 0 Å². The molecule has 0 rings (SSSR count). The van der Waals surface area contributed by atoms with Gasteiger partial charge in [-0.3, -0.25) is 4.79 Å². The van der Waals surface area contributed by atoms with Crippen molar-refractivity contribution in [2.75, 3.05) is 6.61 Å². The van der Waals surface area contributed by atoms with Crippen LogP contribution in [0.3, 0.4) is 0 Å². The van der Waals surface area contributed by atoms with Crippen molar-refractivity contribution >= 4 is 5.97 Å². The maximum absolute atomic E-state index is 12.1. The van der Waals surface area contributed by atoms with E-state index in [4.69, 9.17) is 4.74 Å². The predicted octanol–water partition coefficient (Wildman–Crippen LogP) is 14.5. The molecule has 44 heavy (non-hydrogen) atoms. The summed E-state index contributed by atoms with van der Waals surface area (Å²) in [4.78, 5) is 12.1. The molecule has 0 aromatic rings. The third-order valence-corrected chi connectivity index (χ3v) is 8.81. The van der Waals surface area contributed by atoms with E-state index in [0.29, 0.717) is 13.0 Å². The molecule has 2 heteroatoms. The van der Waals surface area contributed by atoms with Gasteiger partial charge in [0.1, 0.15) is 6.61 Å². The van der Waals surface area contributed by atoms with Crippen molar-refractivity contribution < 1.29 is 9.53 Å². The first kappa shape index (κ1) is 42.4. The molecule has 0 aliphatic carbocycles. The Morgan fingerprint density at radius 2 is 0.773 bits per heavy atom. The van der Waals surface area contributed by atoms with Crippen molar-refractivity contribution in [1.29, 1.82) is 0 Å². The van der Waals surface area contributed by atoms with Crippen molar-refractivity contribution in [2.24, 2.45) is 0 Å². The lowest BCUT2D eigenvalue weighted by molar-refractivity contribution is -0.142. The Kier molecular flexibility index (Phi) is 31.6. The average molecular weight is 613 g/mol. The molecule has 0 aromatic heterocycles. The molecule has 0 saturated carbocycles. The van der Waals surface area contributed by atoms with Crippen LogP contribution >= 0.6 is 0 Å². The van der Waals surface area contributed by atoms with E-state index >= 15 is 0 Å². The molecule has 0 aliphatic heterocycles. The first-order valence-corrected chi connectivity index (χ1v) is 19.1. The lowest BCUT2D eigenvalue weighted by Crippen LogP contribution is -2.04. The normalized spacial score (nSPS) is 12.5. The fourth-order valence-corrected chi connectivity index (χ4v) is 5.68. The summed E-state index contributed by atoms with van der Waals surface area (Å²) in [6.45, 7) is 13.7. The van der Waals surface area contributed by atoms with E-state index in [1.165, 1.54) is 138 Å². The van der Waals surface area contributed by atoms with E-state index in [1.54, 1.807) is 0 Å². The zero-order valence-corrected chi connectivity index (χ0v) is 30.7. The summed E-state index contributed by atoms with van der Waals surface area (Å²) in [6, 6.07) is 0. The van der Waals surface area contributed by atoms with Crippen molar-refractivity contribution in [3.63, 3.8) is 0 Å². The third-order valence-electron chi connectivity index (χ3n) is 8.81. The Balaban J connectivity index is 3.58. The summed E-state index contributed by atoms with van der Waals surface area (Å²) in [7, 11) is 0. The number of carbonyl (C=O) groups excluding carboxylic acids is 1. The monoisotopic (exact) mass is 613 g/mol. The minimum atomic E-state index is -0.0408. The molecule has 0 N–H and O–H groups in total. The minimum absolute atomic E-state index is 0.0408. The highest BCUT2D eigenvalue weighted by atomic mass is 16.5. The first-order chi connectivity index (χ1) is 21.3. The number of esters is 1. The molecule has 2 nitrogen and oxygen atoms in total. The zero-order chi connectivity index (χ0) is 32.5. The average Bonchev–Trinajstić information content (AvgIpc) is 2.98. The summed E-state index contributed by atoms with van der Waals surface area (Å²) in [6.07, 6.45) is 42.5. The summed E-state index contributed by atoms with van der Waals surface area (Å²) >= 11 is 0. The molecule has 0 saturated heterocycles. The Bertz CT molecular complexity index is 778. The van der Waals surface area contributed by atoms with Crippen molar-refractivity contribution in [2.45, 2.75) is 208 Å². The number of unbranched alkanes of at least 4 members (excludes halogenated alkanes) is 18. The quantitative estimate of drug-likeness (QED) is 0.0442. The summed E-state index contributed by atoms with van der Waals surface area (Å²) in [5, 5.41) is 0. The van der Waals surface area contributed by atoms with Gasteiger partial charge in [0.05, 0.1) is 0 Å². The van der Waals surface area contributed by atoms with Crippen LogP contribution in [0.25, 0.3) is 0 Å². The lowest BCUT2D eigenvalue weighted by atomic mass is 10.0. The molecule has 0 amide bonds. The second-order valence-corrected chi connectivity index (χ2v) is 13.8. The van der Waals surface area contributed by atoms with Crippen LogP contribution in [0.2, 0.25) is 0 Å². The molecule has 0 bridgehead atoms. The van der Waals surface area contributed by atoms with E-state index < -0.39 is 0 Å². The minimum Gasteiger partial charge on any atom is -0.461 e. The van der Waals surface area contributed by atoms with Crippen LogP contribution in [0.4, 0.5) is 0 Å². The summed E-state index contributed by atoms with van der Waals surface area (Å²) in [5.41, 5.74) is 5.68. The van der Waals surface area contributed by atoms with Gasteiger partial charge in [-0.1, -0.05) is 163 Å². The Morgan fingerprint density at radius 3 is 1.16 bits per heavy atom. The standard InChI is InChI=1S/C42H76O2/c1-7-8-9-10-11-12-13-14-15-16-17-18-19-20-21-22-23-24-25-35-42(43)44-37-36-41(6)34-28-33-40(5)32-27-31-39(4)30-26-29-38(2)3/h29,31,33,36H,7-28,30,32,34-35,37H2,1-6H3/b39-31+,40-33?,41-36+. The molecule has 0 fully saturated rings. The molecule has 0 unspecified atom stereocenters. The van der Waals surface area contributed by atoms with Crippen LogP contribution in [-0.2, 0) is 9.53 Å². The number of carbonyl (C=O) groups is 1. The van der Waals surface area contributed by atoms with Gasteiger partial charge in [0, 0.05) is 6.42 Å². The van der Waals surface area contributed by atoms with Gasteiger partial charge in [0.2, 0.25) is 0 Å². The second kappa shape index (κ2) is 32.8. The topological polar surface area (TPSA) is 26.3 Å². The van der Waals surface area contributed by atoms with Gasteiger partial charge in [0.25, 0.3) is 0 Å². The third kappa shape index (κ3) is 33.3. The second-order valence-electron chi connectivity index (χ2n) is 13.8. The van der Waals surface area contributed by atoms with Crippen molar-refractivity contribution in [3.05, 3.63) is 46.6 Å². The molecule has 0 aliphatic rings. The molecule has 0 radical (unpaired) electrons. The summed E-state index contributed by atoms with van der Waals surface area (Å²) < 4.78 is 5.45. The van der Waals surface area contributed by atoms with E-state index in [0.717, 1.165) is 44.9 Å². The highest BCUT2D eigenvalue weighted by Gasteiger charge is 2.02. The lowest BCUT2D eigenvalue weighted by Gasteiger charge is -2.05. The molecular formula is C42H76O2. The Morgan fingerprint density at radius 1 is 0.432 bits per heavy atom. The number of rotatable bonds is 31. The van der Waals surface area contributed by atoms with Crippen LogP contribution in [-0.4, -0.2) is 12.6 Å². The molecule has 256 valence electrons. The van der Waals surface area contributed by atoms with Crippen LogP contribution in [0.1, 0.15) is 208 Å². The number of allylic oxidation sites excluding steroid dienone is 7. The van der Waals surface area contributed by atoms with Gasteiger partial charge < -0.3 is 4.74 Å².